The van der Waals surface area contributed by atoms with E-state index in [2.05, 4.69) is 27.4 Å². The van der Waals surface area contributed by atoms with E-state index in [0.29, 0.717) is 0 Å². The summed E-state index contributed by atoms with van der Waals surface area (Å²) in [5.41, 5.74) is 1.19. The van der Waals surface area contributed by atoms with Gasteiger partial charge in [-0.15, -0.1) is 11.3 Å². The highest BCUT2D eigenvalue weighted by Crippen LogP contribution is 2.33. The maximum absolute atomic E-state index is 4.62. The predicted octanol–water partition coefficient (Wildman–Crippen LogP) is 2.08. The Kier molecular flexibility index (Phi) is 3.24. The minimum absolute atomic E-state index is 0.737. The molecular formula is C9H14N2S2. The summed E-state index contributed by atoms with van der Waals surface area (Å²) in [6.07, 6.45) is 1.32. The van der Waals surface area contributed by atoms with Crippen LogP contribution in [0.2, 0.25) is 0 Å². The summed E-state index contributed by atoms with van der Waals surface area (Å²) in [5, 5.41) is 6.65. The lowest BCUT2D eigenvalue weighted by atomic mass is 10.1. The molecule has 2 heterocycles. The average molecular weight is 214 g/mol. The quantitative estimate of drug-likeness (QED) is 0.834. The third-order valence-electron chi connectivity index (χ3n) is 2.21. The summed E-state index contributed by atoms with van der Waals surface area (Å²) in [7, 11) is 1.96. The second-order valence-electron chi connectivity index (χ2n) is 3.27. The second-order valence-corrected chi connectivity index (χ2v) is 5.31. The first kappa shape index (κ1) is 9.49. The molecule has 1 saturated heterocycles. The maximum Gasteiger partial charge on any atom is 0.0968 e. The molecule has 1 fully saturated rings. The third kappa shape index (κ3) is 2.24. The van der Waals surface area contributed by atoms with Gasteiger partial charge < -0.3 is 5.32 Å². The molecule has 2 rings (SSSR count). The van der Waals surface area contributed by atoms with Gasteiger partial charge in [0.1, 0.15) is 0 Å². The monoisotopic (exact) mass is 214 g/mol. The van der Waals surface area contributed by atoms with Crippen LogP contribution in [0.4, 0.5) is 0 Å². The fourth-order valence-electron chi connectivity index (χ4n) is 1.50. The lowest BCUT2D eigenvalue weighted by molar-refractivity contribution is 0.748. The van der Waals surface area contributed by atoms with Crippen molar-refractivity contribution in [2.45, 2.75) is 18.9 Å². The molecule has 2 nitrogen and oxygen atoms in total. The number of hydrogen-bond donors (Lipinski definition) is 1. The molecule has 0 radical (unpaired) electrons. The van der Waals surface area contributed by atoms with Crippen molar-refractivity contribution in [1.82, 2.24) is 10.3 Å². The van der Waals surface area contributed by atoms with E-state index in [1.54, 1.807) is 0 Å². The molecule has 0 spiro atoms. The van der Waals surface area contributed by atoms with Gasteiger partial charge in [0.25, 0.3) is 0 Å². The first-order valence-electron chi connectivity index (χ1n) is 4.57. The van der Waals surface area contributed by atoms with Crippen LogP contribution >= 0.6 is 23.1 Å². The van der Waals surface area contributed by atoms with Crippen molar-refractivity contribution in [1.29, 1.82) is 0 Å². The number of aromatic nitrogens is 1. The van der Waals surface area contributed by atoms with Crippen molar-refractivity contribution < 1.29 is 0 Å². The second kappa shape index (κ2) is 4.44. The zero-order valence-corrected chi connectivity index (χ0v) is 9.38. The fraction of sp³-hybridized carbons (Fsp3) is 0.667. The average Bonchev–Trinajstić information content (AvgIpc) is 2.70. The first-order valence-corrected chi connectivity index (χ1v) is 6.60. The smallest absolute Gasteiger partial charge is 0.0968 e. The van der Waals surface area contributed by atoms with Crippen LogP contribution in [0.15, 0.2) is 5.38 Å². The molecule has 1 aliphatic heterocycles. The zero-order valence-electron chi connectivity index (χ0n) is 7.75. The minimum Gasteiger partial charge on any atom is -0.314 e. The van der Waals surface area contributed by atoms with Crippen LogP contribution in [0.25, 0.3) is 0 Å². The zero-order chi connectivity index (χ0) is 9.10. The van der Waals surface area contributed by atoms with Crippen molar-refractivity contribution in [3.8, 4) is 0 Å². The number of hydrogen-bond acceptors (Lipinski definition) is 4. The van der Waals surface area contributed by atoms with Crippen LogP contribution in [0.3, 0.4) is 0 Å². The van der Waals surface area contributed by atoms with E-state index in [-0.39, 0.29) is 0 Å². The maximum atomic E-state index is 4.62. The summed E-state index contributed by atoms with van der Waals surface area (Å²) >= 11 is 3.87. The van der Waals surface area contributed by atoms with E-state index in [1.165, 1.54) is 28.6 Å². The fourth-order valence-corrected chi connectivity index (χ4v) is 3.79. The summed E-state index contributed by atoms with van der Waals surface area (Å²) in [6, 6.07) is 0. The molecule has 1 unspecified atom stereocenters. The van der Waals surface area contributed by atoms with Gasteiger partial charge in [-0.05, 0) is 19.2 Å². The highest BCUT2D eigenvalue weighted by molar-refractivity contribution is 7.99. The molecule has 72 valence electrons. The lowest BCUT2D eigenvalue weighted by Crippen LogP contribution is -2.05. The van der Waals surface area contributed by atoms with Crippen LogP contribution in [0, 0.1) is 0 Å². The largest absolute Gasteiger partial charge is 0.314 e. The van der Waals surface area contributed by atoms with Crippen molar-refractivity contribution in [2.75, 3.05) is 18.6 Å². The summed E-state index contributed by atoms with van der Waals surface area (Å²) in [4.78, 5) is 4.62. The number of thioether (sulfide) groups is 1. The SMILES string of the molecule is CNCc1csc(C2CCSC2)n1. The Bertz CT molecular complexity index is 266. The van der Waals surface area contributed by atoms with E-state index in [1.807, 2.05) is 18.4 Å². The van der Waals surface area contributed by atoms with Gasteiger partial charge in [0.2, 0.25) is 0 Å². The van der Waals surface area contributed by atoms with Crippen LogP contribution in [-0.4, -0.2) is 23.5 Å². The van der Waals surface area contributed by atoms with Crippen molar-refractivity contribution in [2.24, 2.45) is 0 Å². The van der Waals surface area contributed by atoms with Gasteiger partial charge in [-0.2, -0.15) is 11.8 Å². The van der Waals surface area contributed by atoms with E-state index >= 15 is 0 Å². The van der Waals surface area contributed by atoms with Gasteiger partial charge in [-0.1, -0.05) is 0 Å². The first-order chi connectivity index (χ1) is 6.40. The Morgan fingerprint density at radius 3 is 3.31 bits per heavy atom. The predicted molar refractivity (Wildman–Crippen MR) is 59.6 cm³/mol. The standard InChI is InChI=1S/C9H14N2S2/c1-10-4-8-6-13-9(11-8)7-2-3-12-5-7/h6-7,10H,2-5H2,1H3. The molecule has 0 aliphatic carbocycles. The van der Waals surface area contributed by atoms with Gasteiger partial charge in [-0.25, -0.2) is 4.98 Å². The highest BCUT2D eigenvalue weighted by Gasteiger charge is 2.20. The molecule has 4 heteroatoms. The Morgan fingerprint density at radius 1 is 1.69 bits per heavy atom. The van der Waals surface area contributed by atoms with Gasteiger partial charge in [0.05, 0.1) is 10.7 Å². The molecule has 1 aliphatic rings. The van der Waals surface area contributed by atoms with Crippen LogP contribution in [0.5, 0.6) is 0 Å². The Hall–Kier alpha value is -0.0600. The van der Waals surface area contributed by atoms with Gasteiger partial charge in [0.15, 0.2) is 0 Å². The molecule has 1 N–H and O–H groups in total. The molecule has 1 aromatic rings. The van der Waals surface area contributed by atoms with Crippen LogP contribution < -0.4 is 5.32 Å². The van der Waals surface area contributed by atoms with Crippen molar-refractivity contribution >= 4 is 23.1 Å². The normalized spacial score (nSPS) is 22.4. The Labute approximate surface area is 87.1 Å². The lowest BCUT2D eigenvalue weighted by Gasteiger charge is -2.01. The van der Waals surface area contributed by atoms with E-state index in [0.717, 1.165) is 12.5 Å². The number of thiazole rings is 1. The molecule has 13 heavy (non-hydrogen) atoms. The molecule has 0 aromatic carbocycles. The molecular weight excluding hydrogens is 200 g/mol. The number of rotatable bonds is 3. The number of nitrogens with zero attached hydrogens (tertiary/aromatic N) is 1. The van der Waals surface area contributed by atoms with Crippen molar-refractivity contribution in [3.05, 3.63) is 16.1 Å². The highest BCUT2D eigenvalue weighted by atomic mass is 32.2. The van der Waals surface area contributed by atoms with Crippen molar-refractivity contribution in [3.63, 3.8) is 0 Å². The van der Waals surface area contributed by atoms with Crippen LogP contribution in [-0.2, 0) is 6.54 Å². The molecule has 0 amide bonds. The Balaban J connectivity index is 2.03. The van der Waals surface area contributed by atoms with E-state index in [9.17, 15) is 0 Å². The summed E-state index contributed by atoms with van der Waals surface area (Å²) < 4.78 is 0. The third-order valence-corrected chi connectivity index (χ3v) is 4.42. The Morgan fingerprint density at radius 2 is 2.62 bits per heavy atom. The molecule has 1 atom stereocenters. The van der Waals surface area contributed by atoms with Crippen LogP contribution in [0.1, 0.15) is 23.0 Å². The molecule has 0 saturated carbocycles. The minimum atomic E-state index is 0.737. The van der Waals surface area contributed by atoms with Gasteiger partial charge >= 0.3 is 0 Å². The molecule has 1 aromatic heterocycles. The molecule has 0 bridgehead atoms. The van der Waals surface area contributed by atoms with E-state index < -0.39 is 0 Å². The van der Waals surface area contributed by atoms with Gasteiger partial charge in [0, 0.05) is 23.6 Å². The summed E-state index contributed by atoms with van der Waals surface area (Å²) in [5.74, 6) is 3.32. The number of nitrogens with one attached hydrogen (secondary N) is 1. The van der Waals surface area contributed by atoms with E-state index in [4.69, 9.17) is 0 Å². The topological polar surface area (TPSA) is 24.9 Å². The van der Waals surface area contributed by atoms with Gasteiger partial charge in [-0.3, -0.25) is 0 Å². The summed E-state index contributed by atoms with van der Waals surface area (Å²) in [6.45, 7) is 0.899.